The molecule has 0 saturated carbocycles. The first-order chi connectivity index (χ1) is 14.0. The van der Waals surface area contributed by atoms with Gasteiger partial charge in [-0.25, -0.2) is 18.4 Å². The summed E-state index contributed by atoms with van der Waals surface area (Å²) in [5, 5.41) is 4.18. The van der Waals surface area contributed by atoms with Gasteiger partial charge >= 0.3 is 6.01 Å². The molecule has 1 aliphatic rings. The summed E-state index contributed by atoms with van der Waals surface area (Å²) in [5.41, 5.74) is 0.528. The minimum Gasteiger partial charge on any atom is -0.440 e. The van der Waals surface area contributed by atoms with E-state index in [1.54, 1.807) is 22.9 Å². The minimum absolute atomic E-state index is 0.199. The fourth-order valence-electron chi connectivity index (χ4n) is 3.54. The fourth-order valence-corrected chi connectivity index (χ4v) is 5.25. The van der Waals surface area contributed by atoms with Gasteiger partial charge in [-0.2, -0.15) is 4.98 Å². The maximum absolute atomic E-state index is 13.0. The van der Waals surface area contributed by atoms with Crippen LogP contribution < -0.4 is 0 Å². The molecule has 0 aromatic carbocycles. The van der Waals surface area contributed by atoms with Gasteiger partial charge in [0.1, 0.15) is 5.65 Å². The molecule has 5 heterocycles. The molecule has 11 heteroatoms. The molecule has 0 spiro atoms. The van der Waals surface area contributed by atoms with E-state index in [2.05, 4.69) is 25.0 Å². The standard InChI is InChI=1S/C18H18N6O4S/c1-23-5-3-13(4-6-23)29(25,26)14-8-12-2-7-24(17(12)20-9-14)18-21-16(22-28-18)15-10-19-11-27-15/h2,7-11,13H,3-6H2,1H3. The minimum atomic E-state index is -3.43. The summed E-state index contributed by atoms with van der Waals surface area (Å²) < 4.78 is 38.1. The Bertz CT molecular complexity index is 1250. The van der Waals surface area contributed by atoms with Crippen LogP contribution in [0.2, 0.25) is 0 Å². The molecule has 29 heavy (non-hydrogen) atoms. The van der Waals surface area contributed by atoms with Crippen LogP contribution >= 0.6 is 0 Å². The topological polar surface area (TPSA) is 120 Å². The summed E-state index contributed by atoms with van der Waals surface area (Å²) in [6.07, 6.45) is 7.14. The lowest BCUT2D eigenvalue weighted by Crippen LogP contribution is -2.37. The predicted octanol–water partition coefficient (Wildman–Crippen LogP) is 1.93. The Morgan fingerprint density at radius 2 is 2.03 bits per heavy atom. The Balaban J connectivity index is 1.47. The second-order valence-corrected chi connectivity index (χ2v) is 9.31. The molecule has 0 aliphatic carbocycles. The van der Waals surface area contributed by atoms with Crippen molar-refractivity contribution >= 4 is 20.9 Å². The Hall–Kier alpha value is -3.05. The van der Waals surface area contributed by atoms with Gasteiger partial charge in [0.25, 0.3) is 0 Å². The molecule has 1 aliphatic heterocycles. The fraction of sp³-hybridized carbons (Fsp3) is 0.333. The molecule has 10 nitrogen and oxygen atoms in total. The zero-order valence-electron chi connectivity index (χ0n) is 15.6. The first kappa shape index (κ1) is 18.0. The molecule has 1 saturated heterocycles. The van der Waals surface area contributed by atoms with E-state index in [1.807, 2.05) is 7.05 Å². The van der Waals surface area contributed by atoms with E-state index in [4.69, 9.17) is 8.94 Å². The number of oxazole rings is 1. The quantitative estimate of drug-likeness (QED) is 0.493. The summed E-state index contributed by atoms with van der Waals surface area (Å²) in [7, 11) is -1.42. The van der Waals surface area contributed by atoms with Crippen LogP contribution in [0.5, 0.6) is 0 Å². The van der Waals surface area contributed by atoms with Gasteiger partial charge in [0.05, 0.1) is 16.3 Å². The third kappa shape index (κ3) is 3.12. The van der Waals surface area contributed by atoms with Crippen molar-refractivity contribution in [3.8, 4) is 17.6 Å². The van der Waals surface area contributed by atoms with Crippen LogP contribution in [0.15, 0.2) is 51.0 Å². The molecule has 0 bridgehead atoms. The molecule has 5 rings (SSSR count). The second-order valence-electron chi connectivity index (χ2n) is 7.08. The van der Waals surface area contributed by atoms with Crippen LogP contribution in [0.3, 0.4) is 0 Å². The molecule has 0 amide bonds. The maximum Gasteiger partial charge on any atom is 0.334 e. The van der Waals surface area contributed by atoms with Crippen LogP contribution in [-0.2, 0) is 9.84 Å². The summed E-state index contributed by atoms with van der Waals surface area (Å²) in [6.45, 7) is 1.56. The number of aromatic nitrogens is 5. The number of piperidine rings is 1. The molecule has 0 atom stereocenters. The van der Waals surface area contributed by atoms with Gasteiger partial charge in [-0.15, -0.1) is 0 Å². The van der Waals surface area contributed by atoms with E-state index in [9.17, 15) is 8.42 Å². The van der Waals surface area contributed by atoms with Crippen LogP contribution in [0.4, 0.5) is 0 Å². The van der Waals surface area contributed by atoms with Crippen molar-refractivity contribution in [1.82, 2.24) is 29.6 Å². The van der Waals surface area contributed by atoms with Gasteiger partial charge in [-0.3, -0.25) is 4.57 Å². The Labute approximate surface area is 166 Å². The zero-order valence-corrected chi connectivity index (χ0v) is 16.4. The lowest BCUT2D eigenvalue weighted by molar-refractivity contribution is 0.277. The normalized spacial score (nSPS) is 16.6. The average Bonchev–Trinajstić information content (AvgIpc) is 3.47. The number of hydrogen-bond donors (Lipinski definition) is 0. The average molecular weight is 414 g/mol. The molecule has 0 radical (unpaired) electrons. The van der Waals surface area contributed by atoms with Crippen molar-refractivity contribution in [2.24, 2.45) is 0 Å². The lowest BCUT2D eigenvalue weighted by Gasteiger charge is -2.28. The molecule has 150 valence electrons. The number of hydrogen-bond acceptors (Lipinski definition) is 9. The van der Waals surface area contributed by atoms with Crippen molar-refractivity contribution < 1.29 is 17.4 Å². The number of pyridine rings is 1. The van der Waals surface area contributed by atoms with Gasteiger partial charge in [-0.05, 0) is 45.1 Å². The maximum atomic E-state index is 13.0. The highest BCUT2D eigenvalue weighted by Gasteiger charge is 2.31. The molecular weight excluding hydrogens is 396 g/mol. The highest BCUT2D eigenvalue weighted by atomic mass is 32.2. The number of rotatable bonds is 4. The summed E-state index contributed by atoms with van der Waals surface area (Å²) in [5.74, 6) is 0.650. The largest absolute Gasteiger partial charge is 0.440 e. The zero-order chi connectivity index (χ0) is 20.0. The van der Waals surface area contributed by atoms with E-state index < -0.39 is 9.84 Å². The van der Waals surface area contributed by atoms with Gasteiger partial charge in [0.2, 0.25) is 5.82 Å². The third-order valence-electron chi connectivity index (χ3n) is 5.21. The number of fused-ring (bicyclic) bond motifs is 1. The Morgan fingerprint density at radius 3 is 2.79 bits per heavy atom. The molecular formula is C18H18N6O4S. The van der Waals surface area contributed by atoms with Crippen LogP contribution in [-0.4, -0.2) is 63.4 Å². The van der Waals surface area contributed by atoms with Crippen molar-refractivity contribution in [3.63, 3.8) is 0 Å². The first-order valence-corrected chi connectivity index (χ1v) is 10.7. The van der Waals surface area contributed by atoms with Crippen molar-refractivity contribution in [1.29, 1.82) is 0 Å². The van der Waals surface area contributed by atoms with Crippen molar-refractivity contribution in [3.05, 3.63) is 37.1 Å². The molecule has 4 aromatic heterocycles. The van der Waals surface area contributed by atoms with Crippen molar-refractivity contribution in [2.75, 3.05) is 20.1 Å². The third-order valence-corrected chi connectivity index (χ3v) is 7.44. The Kier molecular flexibility index (Phi) is 4.21. The highest BCUT2D eigenvalue weighted by molar-refractivity contribution is 7.92. The molecule has 4 aromatic rings. The van der Waals surface area contributed by atoms with Crippen LogP contribution in [0.25, 0.3) is 28.6 Å². The summed E-state index contributed by atoms with van der Waals surface area (Å²) >= 11 is 0. The summed E-state index contributed by atoms with van der Waals surface area (Å²) in [4.78, 5) is 14.9. The van der Waals surface area contributed by atoms with E-state index in [0.717, 1.165) is 13.1 Å². The molecule has 0 N–H and O–H groups in total. The van der Waals surface area contributed by atoms with Crippen molar-refractivity contribution in [2.45, 2.75) is 23.0 Å². The van der Waals surface area contributed by atoms with Gasteiger partial charge in [0, 0.05) is 17.8 Å². The predicted molar refractivity (Wildman–Crippen MR) is 102 cm³/mol. The van der Waals surface area contributed by atoms with E-state index in [1.165, 1.54) is 18.8 Å². The smallest absolute Gasteiger partial charge is 0.334 e. The SMILES string of the molecule is CN1CCC(S(=O)(=O)c2cnc3c(ccn3-c3nc(-c4cnco4)no3)c2)CC1. The van der Waals surface area contributed by atoms with E-state index >= 15 is 0 Å². The van der Waals surface area contributed by atoms with Gasteiger partial charge in [0.15, 0.2) is 22.0 Å². The van der Waals surface area contributed by atoms with Crippen LogP contribution in [0, 0.1) is 0 Å². The first-order valence-electron chi connectivity index (χ1n) is 9.15. The Morgan fingerprint density at radius 1 is 1.21 bits per heavy atom. The molecule has 0 unspecified atom stereocenters. The highest BCUT2D eigenvalue weighted by Crippen LogP contribution is 2.27. The number of sulfone groups is 1. The van der Waals surface area contributed by atoms with Gasteiger partial charge < -0.3 is 13.8 Å². The second kappa shape index (κ2) is 6.78. The lowest BCUT2D eigenvalue weighted by atomic mass is 10.1. The van der Waals surface area contributed by atoms with E-state index in [0.29, 0.717) is 29.6 Å². The number of likely N-dealkylation sites (tertiary alicyclic amines) is 1. The van der Waals surface area contributed by atoms with Gasteiger partial charge in [-0.1, -0.05) is 5.16 Å². The van der Waals surface area contributed by atoms with E-state index in [-0.39, 0.29) is 22.0 Å². The number of nitrogens with zero attached hydrogens (tertiary/aromatic N) is 6. The van der Waals surface area contributed by atoms with Crippen LogP contribution in [0.1, 0.15) is 12.8 Å². The monoisotopic (exact) mass is 414 g/mol. The summed E-state index contributed by atoms with van der Waals surface area (Å²) in [6, 6.07) is 3.62. The molecule has 1 fully saturated rings.